The Labute approximate surface area is 271 Å². The molecule has 3 aromatic rings. The van der Waals surface area contributed by atoms with Crippen LogP contribution in [0.25, 0.3) is 28.4 Å². The summed E-state index contributed by atoms with van der Waals surface area (Å²) in [7, 11) is 2.43. The number of hydrogen-bond donors (Lipinski definition) is 1. The molecule has 2 amide bonds. The molecular formula is C34H44N6O5S. The van der Waals surface area contributed by atoms with E-state index in [1.165, 1.54) is 26.1 Å². The van der Waals surface area contributed by atoms with Gasteiger partial charge < -0.3 is 14.2 Å². The standard InChI is InChI=1S/C34H44N6O5S/c1-21-18-39(19-22(2)38(21)5)34(42)25-16-24-17-26(45-6)12-13-27(24)31-30(23-10-8-7-9-11-23)28-14-15-29(35-32(28)40(31)20-25)33(41)36-46(43,44)37(3)4/h12-17,21-23H,7-11,18-20H2,1-6H3,(H,36,41). The molecule has 4 heterocycles. The zero-order chi connectivity index (χ0) is 32.9. The molecule has 2 atom stereocenters. The minimum absolute atomic E-state index is 0.00815. The van der Waals surface area contributed by atoms with Gasteiger partial charge in [0, 0.05) is 55.8 Å². The number of benzene rings is 1. The van der Waals surface area contributed by atoms with E-state index >= 15 is 0 Å². The lowest BCUT2D eigenvalue weighted by atomic mass is 9.81. The number of aromatic nitrogens is 2. The maximum atomic E-state index is 14.4. The Bertz CT molecular complexity index is 1810. The lowest BCUT2D eigenvalue weighted by molar-refractivity contribution is -0.131. The molecule has 246 valence electrons. The Kier molecular flexibility index (Phi) is 8.73. The molecule has 1 N–H and O–H groups in total. The third-order valence-electron chi connectivity index (χ3n) is 9.99. The summed E-state index contributed by atoms with van der Waals surface area (Å²) < 4.78 is 35.7. The minimum atomic E-state index is -4.01. The Balaban J connectivity index is 1.54. The lowest BCUT2D eigenvalue weighted by Crippen LogP contribution is -2.56. The average molecular weight is 649 g/mol. The van der Waals surface area contributed by atoms with E-state index in [9.17, 15) is 18.0 Å². The molecule has 1 saturated heterocycles. The van der Waals surface area contributed by atoms with Gasteiger partial charge in [-0.05, 0) is 87.2 Å². The monoisotopic (exact) mass is 648 g/mol. The van der Waals surface area contributed by atoms with Crippen molar-refractivity contribution in [2.45, 2.75) is 70.5 Å². The van der Waals surface area contributed by atoms with Gasteiger partial charge in [0.1, 0.15) is 17.1 Å². The number of fused-ring (bicyclic) bond motifs is 5. The highest BCUT2D eigenvalue weighted by molar-refractivity contribution is 7.87. The minimum Gasteiger partial charge on any atom is -0.497 e. The summed E-state index contributed by atoms with van der Waals surface area (Å²) in [6.45, 7) is 5.78. The van der Waals surface area contributed by atoms with Crippen LogP contribution in [-0.2, 0) is 21.5 Å². The van der Waals surface area contributed by atoms with E-state index in [-0.39, 0.29) is 36.1 Å². The van der Waals surface area contributed by atoms with Crippen LogP contribution in [0.5, 0.6) is 5.75 Å². The third-order valence-corrected chi connectivity index (χ3v) is 11.4. The normalized spacial score (nSPS) is 21.0. The second-order valence-electron chi connectivity index (χ2n) is 13.2. The van der Waals surface area contributed by atoms with Gasteiger partial charge in [-0.25, -0.2) is 9.71 Å². The van der Waals surface area contributed by atoms with Crippen LogP contribution in [0.1, 0.15) is 73.5 Å². The molecule has 11 nitrogen and oxygen atoms in total. The van der Waals surface area contributed by atoms with Gasteiger partial charge in [0.15, 0.2) is 0 Å². The van der Waals surface area contributed by atoms with Gasteiger partial charge in [-0.15, -0.1) is 0 Å². The van der Waals surface area contributed by atoms with Gasteiger partial charge in [0.05, 0.1) is 19.3 Å². The lowest BCUT2D eigenvalue weighted by Gasteiger charge is -2.42. The molecule has 0 radical (unpaired) electrons. The topological polar surface area (TPSA) is 117 Å². The zero-order valence-electron chi connectivity index (χ0n) is 27.5. The second-order valence-corrected chi connectivity index (χ2v) is 15.1. The van der Waals surface area contributed by atoms with Gasteiger partial charge in [-0.3, -0.25) is 14.5 Å². The predicted octanol–water partition coefficient (Wildman–Crippen LogP) is 4.24. The summed E-state index contributed by atoms with van der Waals surface area (Å²) in [5.41, 5.74) is 5.21. The quantitative estimate of drug-likeness (QED) is 0.425. The molecule has 0 spiro atoms. The summed E-state index contributed by atoms with van der Waals surface area (Å²) in [4.78, 5) is 36.6. The highest BCUT2D eigenvalue weighted by Crippen LogP contribution is 2.46. The van der Waals surface area contributed by atoms with Gasteiger partial charge >= 0.3 is 10.2 Å². The van der Waals surface area contributed by atoms with Crippen molar-refractivity contribution in [3.8, 4) is 17.0 Å². The number of hydrogen-bond acceptors (Lipinski definition) is 7. The molecular weight excluding hydrogens is 604 g/mol. The molecule has 1 saturated carbocycles. The van der Waals surface area contributed by atoms with Crippen LogP contribution in [0.3, 0.4) is 0 Å². The van der Waals surface area contributed by atoms with Crippen LogP contribution < -0.4 is 9.46 Å². The number of methoxy groups -OCH3 is 1. The van der Waals surface area contributed by atoms with Gasteiger partial charge in [0.2, 0.25) is 0 Å². The van der Waals surface area contributed by atoms with E-state index in [1.807, 2.05) is 35.2 Å². The van der Waals surface area contributed by atoms with Crippen LogP contribution in [-0.4, -0.2) is 97.3 Å². The van der Waals surface area contributed by atoms with E-state index in [4.69, 9.17) is 9.72 Å². The zero-order valence-corrected chi connectivity index (χ0v) is 28.4. The maximum absolute atomic E-state index is 14.4. The number of likely N-dealkylation sites (N-methyl/N-ethyl adjacent to an activating group) is 1. The molecule has 2 fully saturated rings. The molecule has 46 heavy (non-hydrogen) atoms. The Morgan fingerprint density at radius 3 is 2.37 bits per heavy atom. The first-order chi connectivity index (χ1) is 21.9. The number of pyridine rings is 1. The third kappa shape index (κ3) is 5.82. The van der Waals surface area contributed by atoms with Crippen LogP contribution >= 0.6 is 0 Å². The largest absolute Gasteiger partial charge is 0.497 e. The summed E-state index contributed by atoms with van der Waals surface area (Å²) in [5.74, 6) is 0.151. The first kappa shape index (κ1) is 32.2. The van der Waals surface area contributed by atoms with Crippen molar-refractivity contribution >= 4 is 39.1 Å². The van der Waals surface area contributed by atoms with Gasteiger partial charge in [-0.1, -0.05) is 19.3 Å². The average Bonchev–Trinajstić information content (AvgIpc) is 3.25. The molecule has 2 unspecified atom stereocenters. The van der Waals surface area contributed by atoms with E-state index in [0.29, 0.717) is 30.1 Å². The summed E-state index contributed by atoms with van der Waals surface area (Å²) in [5, 5.41) is 0.922. The number of carbonyl (C=O) groups excluding carboxylic acids is 2. The van der Waals surface area contributed by atoms with E-state index in [0.717, 1.165) is 52.2 Å². The maximum Gasteiger partial charge on any atom is 0.303 e. The van der Waals surface area contributed by atoms with Crippen molar-refractivity contribution in [1.29, 1.82) is 0 Å². The summed E-state index contributed by atoms with van der Waals surface area (Å²) >= 11 is 0. The molecule has 1 aliphatic carbocycles. The van der Waals surface area contributed by atoms with E-state index in [1.54, 1.807) is 13.2 Å². The fourth-order valence-corrected chi connectivity index (χ4v) is 7.71. The molecule has 3 aliphatic rings. The second kappa shape index (κ2) is 12.5. The number of nitrogens with one attached hydrogen (secondary N) is 1. The molecule has 2 aromatic heterocycles. The number of carbonyl (C=O) groups is 2. The smallest absolute Gasteiger partial charge is 0.303 e. The SMILES string of the molecule is COc1ccc2c(c1)C=C(C(=O)N1CC(C)N(C)C(C)C1)Cn1c-2c(C2CCCCC2)c2ccc(C(=O)NS(=O)(=O)N(C)C)nc21. The van der Waals surface area contributed by atoms with Crippen LogP contribution in [0.2, 0.25) is 0 Å². The molecule has 1 aromatic carbocycles. The summed E-state index contributed by atoms with van der Waals surface area (Å²) in [6.07, 6.45) is 7.52. The van der Waals surface area contributed by atoms with Crippen molar-refractivity contribution in [2.75, 3.05) is 41.3 Å². The van der Waals surface area contributed by atoms with Crippen LogP contribution in [0.4, 0.5) is 0 Å². The molecule has 2 aliphatic heterocycles. The van der Waals surface area contributed by atoms with Crippen molar-refractivity contribution in [2.24, 2.45) is 0 Å². The number of rotatable bonds is 6. The molecule has 0 bridgehead atoms. The number of amides is 2. The number of nitrogens with zero attached hydrogens (tertiary/aromatic N) is 5. The van der Waals surface area contributed by atoms with E-state index in [2.05, 4.69) is 35.1 Å². The highest BCUT2D eigenvalue weighted by atomic mass is 32.2. The first-order valence-electron chi connectivity index (χ1n) is 16.1. The Morgan fingerprint density at radius 2 is 1.72 bits per heavy atom. The van der Waals surface area contributed by atoms with Gasteiger partial charge in [0.25, 0.3) is 11.8 Å². The van der Waals surface area contributed by atoms with Crippen LogP contribution in [0, 0.1) is 0 Å². The van der Waals surface area contributed by atoms with Gasteiger partial charge in [-0.2, -0.15) is 12.7 Å². The van der Waals surface area contributed by atoms with E-state index < -0.39 is 16.1 Å². The Morgan fingerprint density at radius 1 is 1.02 bits per heavy atom. The first-order valence-corrected chi connectivity index (χ1v) is 17.5. The number of ether oxygens (including phenoxy) is 1. The van der Waals surface area contributed by atoms with Crippen LogP contribution in [0.15, 0.2) is 35.9 Å². The fourth-order valence-electron chi connectivity index (χ4n) is 7.19. The molecule has 12 heteroatoms. The van der Waals surface area contributed by atoms with Crippen molar-refractivity contribution < 1.29 is 22.7 Å². The Hall–Kier alpha value is -3.74. The van der Waals surface area contributed by atoms with Crippen molar-refractivity contribution in [1.82, 2.24) is 28.4 Å². The number of piperazine rings is 1. The highest BCUT2D eigenvalue weighted by Gasteiger charge is 2.35. The predicted molar refractivity (Wildman–Crippen MR) is 179 cm³/mol. The summed E-state index contributed by atoms with van der Waals surface area (Å²) in [6, 6.07) is 9.89. The fraction of sp³-hybridized carbons (Fsp3) is 0.500. The molecule has 6 rings (SSSR count). The van der Waals surface area contributed by atoms with Crippen molar-refractivity contribution in [3.05, 3.63) is 52.7 Å². The van der Waals surface area contributed by atoms with Crippen molar-refractivity contribution in [3.63, 3.8) is 0 Å².